The van der Waals surface area contributed by atoms with Crippen LogP contribution in [0.3, 0.4) is 0 Å². The molecule has 15 heteroatoms. The number of nitrogens with one attached hydrogen (secondary N) is 3. The molecule has 52 heavy (non-hydrogen) atoms. The monoisotopic (exact) mass is 731 g/mol. The lowest BCUT2D eigenvalue weighted by molar-refractivity contribution is -0.137. The normalized spacial score (nSPS) is 19.4. The number of nitrogens with zero attached hydrogens (tertiary/aromatic N) is 2. The molecule has 0 bridgehead atoms. The maximum atomic E-state index is 14.3. The fourth-order valence-corrected chi connectivity index (χ4v) is 5.60. The van der Waals surface area contributed by atoms with Crippen LogP contribution in [-0.4, -0.2) is 84.5 Å². The number of urea groups is 2. The first-order valence-corrected chi connectivity index (χ1v) is 17.0. The molecule has 0 aromatic heterocycles. The Morgan fingerprint density at radius 1 is 0.962 bits per heavy atom. The molecule has 3 aromatic carbocycles. The number of ether oxygens (including phenoxy) is 2. The van der Waals surface area contributed by atoms with Gasteiger partial charge in [-0.05, 0) is 99.8 Å². The Labute approximate surface area is 300 Å². The molecule has 282 valence electrons. The molecule has 1 aliphatic rings. The highest BCUT2D eigenvalue weighted by molar-refractivity contribution is 6.02. The van der Waals surface area contributed by atoms with Gasteiger partial charge in [0.2, 0.25) is 0 Å². The van der Waals surface area contributed by atoms with Gasteiger partial charge in [-0.1, -0.05) is 6.92 Å². The molecule has 5 amide bonds. The Balaban J connectivity index is 1.56. The first-order valence-electron chi connectivity index (χ1n) is 17.0. The lowest BCUT2D eigenvalue weighted by Gasteiger charge is -2.35. The number of amides is 5. The maximum absolute atomic E-state index is 14.3. The molecular formula is C37H45F4N5O6. The van der Waals surface area contributed by atoms with Crippen LogP contribution < -0.4 is 20.7 Å². The van der Waals surface area contributed by atoms with E-state index in [1.807, 2.05) is 13.8 Å². The van der Waals surface area contributed by atoms with E-state index in [0.29, 0.717) is 25.1 Å². The summed E-state index contributed by atoms with van der Waals surface area (Å²) >= 11 is 0. The van der Waals surface area contributed by atoms with E-state index in [2.05, 4.69) is 16.0 Å². The summed E-state index contributed by atoms with van der Waals surface area (Å²) in [6.45, 7) is 5.78. The van der Waals surface area contributed by atoms with Crippen molar-refractivity contribution in [2.75, 3.05) is 49.3 Å². The summed E-state index contributed by atoms with van der Waals surface area (Å²) in [7, 11) is 1.61. The first-order chi connectivity index (χ1) is 24.6. The van der Waals surface area contributed by atoms with Crippen LogP contribution in [0.15, 0.2) is 66.7 Å². The number of benzene rings is 3. The van der Waals surface area contributed by atoms with Crippen LogP contribution in [0, 0.1) is 11.7 Å². The van der Waals surface area contributed by atoms with Crippen LogP contribution in [0.1, 0.15) is 56.0 Å². The molecule has 4 N–H and O–H groups in total. The van der Waals surface area contributed by atoms with E-state index in [9.17, 15) is 37.1 Å². The zero-order valence-corrected chi connectivity index (χ0v) is 29.5. The van der Waals surface area contributed by atoms with Crippen molar-refractivity contribution >= 4 is 35.0 Å². The number of carbonyl (C=O) groups excluding carboxylic acids is 3. The molecule has 1 heterocycles. The summed E-state index contributed by atoms with van der Waals surface area (Å²) in [5.74, 6) is -0.972. The molecule has 0 aliphatic carbocycles. The number of rotatable bonds is 7. The van der Waals surface area contributed by atoms with Crippen molar-refractivity contribution in [3.63, 3.8) is 0 Å². The van der Waals surface area contributed by atoms with Crippen LogP contribution in [0.2, 0.25) is 0 Å². The van der Waals surface area contributed by atoms with Gasteiger partial charge in [0.05, 0.1) is 36.0 Å². The zero-order valence-electron chi connectivity index (χ0n) is 29.5. The number of hydrogen-bond donors (Lipinski definition) is 4. The van der Waals surface area contributed by atoms with E-state index in [1.165, 1.54) is 40.1 Å². The van der Waals surface area contributed by atoms with Gasteiger partial charge in [-0.3, -0.25) is 4.79 Å². The average molecular weight is 732 g/mol. The van der Waals surface area contributed by atoms with Crippen LogP contribution in [-0.2, 0) is 10.9 Å². The minimum absolute atomic E-state index is 0.122. The number of carbonyl (C=O) groups is 3. The number of halogens is 4. The Kier molecular flexibility index (Phi) is 13.8. The van der Waals surface area contributed by atoms with E-state index < -0.39 is 47.7 Å². The molecule has 0 unspecified atom stereocenters. The molecule has 4 atom stereocenters. The third-order valence-electron chi connectivity index (χ3n) is 8.68. The predicted octanol–water partition coefficient (Wildman–Crippen LogP) is 7.45. The number of aliphatic hydroxyl groups excluding tert-OH is 1. The van der Waals surface area contributed by atoms with E-state index in [1.54, 1.807) is 26.1 Å². The second-order valence-corrected chi connectivity index (χ2v) is 13.0. The van der Waals surface area contributed by atoms with Crippen LogP contribution in [0.25, 0.3) is 0 Å². The van der Waals surface area contributed by atoms with Gasteiger partial charge in [0.25, 0.3) is 5.91 Å². The van der Waals surface area contributed by atoms with Gasteiger partial charge in [-0.25, -0.2) is 14.0 Å². The quantitative estimate of drug-likeness (QED) is 0.187. The maximum Gasteiger partial charge on any atom is 0.416 e. The van der Waals surface area contributed by atoms with Gasteiger partial charge >= 0.3 is 18.2 Å². The van der Waals surface area contributed by atoms with Crippen molar-refractivity contribution in [3.8, 4) is 5.75 Å². The van der Waals surface area contributed by atoms with Gasteiger partial charge in [-0.2, -0.15) is 13.2 Å². The van der Waals surface area contributed by atoms with Crippen LogP contribution >= 0.6 is 0 Å². The molecule has 0 spiro atoms. The molecule has 11 nitrogen and oxygen atoms in total. The summed E-state index contributed by atoms with van der Waals surface area (Å²) in [4.78, 5) is 43.1. The lowest BCUT2D eigenvalue weighted by Crippen LogP contribution is -2.48. The summed E-state index contributed by atoms with van der Waals surface area (Å²) in [6.07, 6.45) is -3.22. The average Bonchev–Trinajstić information content (AvgIpc) is 3.10. The Morgan fingerprint density at radius 2 is 1.58 bits per heavy atom. The van der Waals surface area contributed by atoms with Crippen molar-refractivity contribution in [3.05, 3.63) is 83.7 Å². The van der Waals surface area contributed by atoms with Crippen molar-refractivity contribution in [2.24, 2.45) is 5.92 Å². The minimum Gasteiger partial charge on any atom is -0.490 e. The molecule has 3 aromatic rings. The highest BCUT2D eigenvalue weighted by Gasteiger charge is 2.32. The first kappa shape index (κ1) is 39.9. The topological polar surface area (TPSA) is 132 Å². The van der Waals surface area contributed by atoms with Gasteiger partial charge in [0, 0.05) is 49.7 Å². The summed E-state index contributed by atoms with van der Waals surface area (Å²) in [6, 6.07) is 12.1. The molecule has 0 saturated carbocycles. The Bertz CT molecular complexity index is 1660. The second-order valence-electron chi connectivity index (χ2n) is 13.0. The minimum atomic E-state index is -4.52. The molecule has 1 aliphatic heterocycles. The largest absolute Gasteiger partial charge is 0.490 e. The van der Waals surface area contributed by atoms with Gasteiger partial charge in [0.1, 0.15) is 11.6 Å². The molecule has 0 fully saturated rings. The SMILES string of the molecule is C[C@@H]1CCCCO[C@H](CN(C)C(=O)Nc2ccc(F)cc2)[C@H](C)CN([C@H](C)CO)C(=O)c2cc(NC(=O)Nc3ccc(C(F)(F)F)cc3)ccc2O1. The molecule has 0 saturated heterocycles. The van der Waals surface area contributed by atoms with Crippen molar-refractivity contribution in [1.29, 1.82) is 0 Å². The van der Waals surface area contributed by atoms with Gasteiger partial charge in [-0.15, -0.1) is 0 Å². The number of likely N-dealkylation sites (N-methyl/N-ethyl adjacent to an activating group) is 1. The Hall–Kier alpha value is -4.89. The van der Waals surface area contributed by atoms with Gasteiger partial charge in [0.15, 0.2) is 0 Å². The van der Waals surface area contributed by atoms with Crippen LogP contribution in [0.5, 0.6) is 5.75 Å². The van der Waals surface area contributed by atoms with Crippen molar-refractivity contribution in [2.45, 2.75) is 64.5 Å². The molecular weight excluding hydrogens is 686 g/mol. The fourth-order valence-electron chi connectivity index (χ4n) is 5.60. The van der Waals surface area contributed by atoms with Crippen molar-refractivity contribution in [1.82, 2.24) is 9.80 Å². The standard InChI is InChI=1S/C37H45F4N5O6/c1-23-20-46(24(2)22-47)34(48)31-19-30(43-35(49)42-28-12-8-26(9-13-28)37(39,40)41)16-17-32(31)52-25(3)7-5-6-18-51-33(23)21-45(4)36(50)44-29-14-10-27(38)11-15-29/h8-17,19,23-25,33,47H,5-7,18,20-22H2,1-4H3,(H,44,50)(H2,42,43,49)/t23-,24-,25-,33-/m1/s1. The van der Waals surface area contributed by atoms with Gasteiger partial charge < -0.3 is 40.3 Å². The lowest BCUT2D eigenvalue weighted by atomic mass is 10.0. The highest BCUT2D eigenvalue weighted by atomic mass is 19.4. The zero-order chi connectivity index (χ0) is 38.0. The molecule has 4 rings (SSSR count). The fraction of sp³-hybridized carbons (Fsp3) is 0.432. The smallest absolute Gasteiger partial charge is 0.416 e. The van der Waals surface area contributed by atoms with E-state index in [0.717, 1.165) is 30.7 Å². The number of hydrogen-bond acceptors (Lipinski definition) is 6. The third-order valence-corrected chi connectivity index (χ3v) is 8.68. The van der Waals surface area contributed by atoms with Crippen molar-refractivity contribution < 1.29 is 46.5 Å². The number of alkyl halides is 3. The van der Waals surface area contributed by atoms with E-state index >= 15 is 0 Å². The summed E-state index contributed by atoms with van der Waals surface area (Å²) in [5, 5.41) is 18.0. The summed E-state index contributed by atoms with van der Waals surface area (Å²) < 4.78 is 64.7. The molecule has 0 radical (unpaired) electrons. The summed E-state index contributed by atoms with van der Waals surface area (Å²) in [5.41, 5.74) is 0.0354. The van der Waals surface area contributed by atoms with E-state index in [4.69, 9.17) is 9.47 Å². The van der Waals surface area contributed by atoms with E-state index in [-0.39, 0.29) is 54.4 Å². The Morgan fingerprint density at radius 3 is 2.23 bits per heavy atom. The third kappa shape index (κ3) is 11.3. The number of aliphatic hydroxyl groups is 1. The highest BCUT2D eigenvalue weighted by Crippen LogP contribution is 2.31. The number of anilines is 3. The second kappa shape index (κ2) is 18.0. The van der Waals surface area contributed by atoms with Crippen LogP contribution in [0.4, 0.5) is 44.2 Å². The number of fused-ring (bicyclic) bond motifs is 1. The predicted molar refractivity (Wildman–Crippen MR) is 189 cm³/mol.